The standard InChI is InChI=1S/C8H4BrFO3/c9-5-1-4(3-11)7(10)6(2-5)8(12)13/h1-3H,(H,12,13). The molecule has 3 nitrogen and oxygen atoms in total. The van der Waals surface area contributed by atoms with E-state index in [0.717, 1.165) is 6.07 Å². The van der Waals surface area contributed by atoms with E-state index in [1.807, 2.05) is 0 Å². The van der Waals surface area contributed by atoms with E-state index < -0.39 is 17.3 Å². The van der Waals surface area contributed by atoms with Crippen LogP contribution in [0.3, 0.4) is 0 Å². The van der Waals surface area contributed by atoms with Gasteiger partial charge in [-0.1, -0.05) is 15.9 Å². The summed E-state index contributed by atoms with van der Waals surface area (Å²) in [5.74, 6) is -2.41. The van der Waals surface area contributed by atoms with Crippen molar-refractivity contribution in [2.75, 3.05) is 0 Å². The second-order valence-corrected chi connectivity index (χ2v) is 3.20. The number of carboxylic acids is 1. The van der Waals surface area contributed by atoms with Crippen LogP contribution in [0.1, 0.15) is 20.7 Å². The quantitative estimate of drug-likeness (QED) is 0.814. The van der Waals surface area contributed by atoms with Crippen LogP contribution >= 0.6 is 15.9 Å². The first-order valence-corrected chi connectivity index (χ1v) is 4.03. The molecular weight excluding hydrogens is 243 g/mol. The fourth-order valence-corrected chi connectivity index (χ4v) is 1.33. The first-order chi connectivity index (χ1) is 6.06. The Labute approximate surface area is 81.3 Å². The Kier molecular flexibility index (Phi) is 2.77. The lowest BCUT2D eigenvalue weighted by Gasteiger charge is -2.00. The second-order valence-electron chi connectivity index (χ2n) is 2.28. The molecule has 0 heterocycles. The van der Waals surface area contributed by atoms with Gasteiger partial charge in [0.25, 0.3) is 0 Å². The predicted molar refractivity (Wildman–Crippen MR) is 46.4 cm³/mol. The summed E-state index contributed by atoms with van der Waals surface area (Å²) < 4.78 is 13.4. The number of halogens is 2. The molecule has 1 rings (SSSR count). The van der Waals surface area contributed by atoms with Gasteiger partial charge in [-0.25, -0.2) is 9.18 Å². The number of carbonyl (C=O) groups is 2. The second kappa shape index (κ2) is 3.66. The molecule has 0 aliphatic carbocycles. The molecule has 0 atom stereocenters. The summed E-state index contributed by atoms with van der Waals surface area (Å²) in [6, 6.07) is 2.32. The Morgan fingerprint density at radius 3 is 2.62 bits per heavy atom. The predicted octanol–water partition coefficient (Wildman–Crippen LogP) is 2.10. The van der Waals surface area contributed by atoms with E-state index in [4.69, 9.17) is 5.11 Å². The number of benzene rings is 1. The molecule has 5 heteroatoms. The summed E-state index contributed by atoms with van der Waals surface area (Å²) in [5, 5.41) is 8.53. The molecule has 13 heavy (non-hydrogen) atoms. The average molecular weight is 247 g/mol. The molecule has 1 aromatic rings. The lowest BCUT2D eigenvalue weighted by Crippen LogP contribution is -2.03. The van der Waals surface area contributed by atoms with Gasteiger partial charge in [-0.2, -0.15) is 0 Å². The Hall–Kier alpha value is -1.23. The maximum absolute atomic E-state index is 13.1. The Morgan fingerprint density at radius 1 is 1.54 bits per heavy atom. The van der Waals surface area contributed by atoms with Gasteiger partial charge in [-0.15, -0.1) is 0 Å². The summed E-state index contributed by atoms with van der Waals surface area (Å²) in [5.41, 5.74) is -0.789. The van der Waals surface area contributed by atoms with Gasteiger partial charge in [0.2, 0.25) is 0 Å². The van der Waals surface area contributed by atoms with E-state index in [1.165, 1.54) is 6.07 Å². The molecule has 68 valence electrons. The molecule has 0 fully saturated rings. The number of hydrogen-bond acceptors (Lipinski definition) is 2. The molecule has 0 saturated carbocycles. The van der Waals surface area contributed by atoms with Crippen molar-refractivity contribution in [3.05, 3.63) is 33.5 Å². The summed E-state index contributed by atoms with van der Waals surface area (Å²) >= 11 is 2.97. The minimum Gasteiger partial charge on any atom is -0.478 e. The summed E-state index contributed by atoms with van der Waals surface area (Å²) in [7, 11) is 0. The number of rotatable bonds is 2. The van der Waals surface area contributed by atoms with Gasteiger partial charge in [0.15, 0.2) is 6.29 Å². The third kappa shape index (κ3) is 1.92. The van der Waals surface area contributed by atoms with Crippen LogP contribution in [-0.4, -0.2) is 17.4 Å². The van der Waals surface area contributed by atoms with E-state index >= 15 is 0 Å². The zero-order chi connectivity index (χ0) is 10.0. The molecule has 0 saturated heterocycles. The highest BCUT2D eigenvalue weighted by atomic mass is 79.9. The van der Waals surface area contributed by atoms with Gasteiger partial charge >= 0.3 is 5.97 Å². The van der Waals surface area contributed by atoms with Crippen LogP contribution in [0.4, 0.5) is 4.39 Å². The molecule has 0 aromatic heterocycles. The average Bonchev–Trinajstić information content (AvgIpc) is 2.08. The Morgan fingerprint density at radius 2 is 2.15 bits per heavy atom. The van der Waals surface area contributed by atoms with Crippen molar-refractivity contribution in [2.45, 2.75) is 0 Å². The molecule has 1 N–H and O–H groups in total. The number of aromatic carboxylic acids is 1. The zero-order valence-corrected chi connectivity index (χ0v) is 7.84. The summed E-state index contributed by atoms with van der Waals surface area (Å²) in [4.78, 5) is 20.8. The third-order valence-electron chi connectivity index (χ3n) is 1.42. The van der Waals surface area contributed by atoms with Crippen LogP contribution in [0.2, 0.25) is 0 Å². The Bertz CT molecular complexity index is 376. The highest BCUT2D eigenvalue weighted by Gasteiger charge is 2.14. The maximum atomic E-state index is 13.1. The van der Waals surface area contributed by atoms with Crippen LogP contribution in [-0.2, 0) is 0 Å². The first kappa shape index (κ1) is 9.85. The van der Waals surface area contributed by atoms with Gasteiger partial charge < -0.3 is 5.11 Å². The summed E-state index contributed by atoms with van der Waals surface area (Å²) in [6.07, 6.45) is 0.270. The highest BCUT2D eigenvalue weighted by molar-refractivity contribution is 9.10. The van der Waals surface area contributed by atoms with Gasteiger partial charge in [0, 0.05) is 4.47 Å². The van der Waals surface area contributed by atoms with Crippen molar-refractivity contribution in [3.8, 4) is 0 Å². The molecule has 0 unspecified atom stereocenters. The summed E-state index contributed by atoms with van der Waals surface area (Å²) in [6.45, 7) is 0. The zero-order valence-electron chi connectivity index (χ0n) is 6.25. The van der Waals surface area contributed by atoms with Crippen molar-refractivity contribution >= 4 is 28.2 Å². The third-order valence-corrected chi connectivity index (χ3v) is 1.88. The van der Waals surface area contributed by atoms with Crippen molar-refractivity contribution in [3.63, 3.8) is 0 Å². The van der Waals surface area contributed by atoms with Gasteiger partial charge in [-0.05, 0) is 12.1 Å². The topological polar surface area (TPSA) is 54.4 Å². The normalized spacial score (nSPS) is 9.69. The Balaban J connectivity index is 3.44. The molecule has 1 aromatic carbocycles. The van der Waals surface area contributed by atoms with Crippen molar-refractivity contribution < 1.29 is 19.1 Å². The molecular formula is C8H4BrFO3. The van der Waals surface area contributed by atoms with Crippen molar-refractivity contribution in [1.29, 1.82) is 0 Å². The van der Waals surface area contributed by atoms with Crippen LogP contribution in [0.25, 0.3) is 0 Å². The van der Waals surface area contributed by atoms with E-state index in [9.17, 15) is 14.0 Å². The highest BCUT2D eigenvalue weighted by Crippen LogP contribution is 2.19. The molecule has 0 amide bonds. The first-order valence-electron chi connectivity index (χ1n) is 3.23. The number of aldehydes is 1. The molecule has 0 aliphatic heterocycles. The lowest BCUT2D eigenvalue weighted by atomic mass is 10.1. The van der Waals surface area contributed by atoms with Gasteiger partial charge in [0.05, 0.1) is 11.1 Å². The van der Waals surface area contributed by atoms with Crippen LogP contribution in [0.15, 0.2) is 16.6 Å². The number of carboxylic acid groups (broad SMARTS) is 1. The van der Waals surface area contributed by atoms with E-state index in [2.05, 4.69) is 15.9 Å². The minimum absolute atomic E-state index is 0.270. The fourth-order valence-electron chi connectivity index (χ4n) is 0.852. The van der Waals surface area contributed by atoms with E-state index in [0.29, 0.717) is 4.47 Å². The SMILES string of the molecule is O=Cc1cc(Br)cc(C(=O)O)c1F. The lowest BCUT2D eigenvalue weighted by molar-refractivity contribution is 0.0691. The molecule has 0 aliphatic rings. The van der Waals surface area contributed by atoms with Crippen LogP contribution in [0.5, 0.6) is 0 Å². The van der Waals surface area contributed by atoms with E-state index in [-0.39, 0.29) is 11.8 Å². The fraction of sp³-hybridized carbons (Fsp3) is 0. The number of carbonyl (C=O) groups excluding carboxylic acids is 1. The van der Waals surface area contributed by atoms with Crippen LogP contribution in [0, 0.1) is 5.82 Å². The molecule has 0 radical (unpaired) electrons. The van der Waals surface area contributed by atoms with Gasteiger partial charge in [0.1, 0.15) is 5.82 Å². The van der Waals surface area contributed by atoms with Crippen molar-refractivity contribution in [1.82, 2.24) is 0 Å². The number of hydrogen-bond donors (Lipinski definition) is 1. The van der Waals surface area contributed by atoms with Crippen LogP contribution < -0.4 is 0 Å². The minimum atomic E-state index is -1.40. The van der Waals surface area contributed by atoms with E-state index in [1.54, 1.807) is 0 Å². The monoisotopic (exact) mass is 246 g/mol. The van der Waals surface area contributed by atoms with Gasteiger partial charge in [-0.3, -0.25) is 4.79 Å². The van der Waals surface area contributed by atoms with Crippen molar-refractivity contribution in [2.24, 2.45) is 0 Å². The molecule has 0 spiro atoms. The maximum Gasteiger partial charge on any atom is 0.338 e. The largest absolute Gasteiger partial charge is 0.478 e. The smallest absolute Gasteiger partial charge is 0.338 e. The molecule has 0 bridgehead atoms.